The van der Waals surface area contributed by atoms with Gasteiger partial charge in [-0.2, -0.15) is 5.10 Å². The molecule has 4 nitrogen and oxygen atoms in total. The van der Waals surface area contributed by atoms with Gasteiger partial charge in [-0.05, 0) is 47.9 Å². The number of nitrogens with one attached hydrogen (secondary N) is 1. The molecule has 1 N–H and O–H groups in total. The Hall–Kier alpha value is -1.98. The molecule has 0 spiro atoms. The molecule has 0 atom stereocenters. The number of carbonyl (C=O) groups is 1. The van der Waals surface area contributed by atoms with Crippen LogP contribution in [0.5, 0.6) is 5.75 Å². The lowest BCUT2D eigenvalue weighted by Crippen LogP contribution is -2.19. The number of benzene rings is 2. The van der Waals surface area contributed by atoms with Gasteiger partial charge in [-0.25, -0.2) is 5.43 Å². The largest absolute Gasteiger partial charge is 0.494 e. The van der Waals surface area contributed by atoms with Gasteiger partial charge in [-0.3, -0.25) is 4.79 Å². The van der Waals surface area contributed by atoms with Gasteiger partial charge in [0.2, 0.25) is 5.91 Å². The molecule has 0 bridgehead atoms. The summed E-state index contributed by atoms with van der Waals surface area (Å²) in [6.07, 6.45) is 3.78. The fourth-order valence-electron chi connectivity index (χ4n) is 2.06. The number of ether oxygens (including phenoxy) is 1. The summed E-state index contributed by atoms with van der Waals surface area (Å²) in [7, 11) is 0. The number of nitrogens with zero attached hydrogens (tertiary/aromatic N) is 1. The smallest absolute Gasteiger partial charge is 0.250 e. The average Bonchev–Trinajstić information content (AvgIpc) is 2.65. The number of thioether (sulfide) groups is 1. The van der Waals surface area contributed by atoms with Crippen molar-refractivity contribution in [2.45, 2.75) is 25.5 Å². The highest BCUT2D eigenvalue weighted by atomic mass is 35.5. The summed E-state index contributed by atoms with van der Waals surface area (Å²) in [5.74, 6) is 1.72. The van der Waals surface area contributed by atoms with Gasteiger partial charge in [0.1, 0.15) is 5.75 Å². The Kier molecular flexibility index (Phi) is 9.07. The van der Waals surface area contributed by atoms with Gasteiger partial charge in [-0.15, -0.1) is 11.8 Å². The Morgan fingerprint density at radius 3 is 2.73 bits per heavy atom. The van der Waals surface area contributed by atoms with Crippen molar-refractivity contribution in [3.63, 3.8) is 0 Å². The first kappa shape index (κ1) is 20.3. The molecule has 138 valence electrons. The van der Waals surface area contributed by atoms with Gasteiger partial charge in [-0.1, -0.05) is 43.1 Å². The lowest BCUT2D eigenvalue weighted by Gasteiger charge is -2.05. The Balaban J connectivity index is 1.68. The summed E-state index contributed by atoms with van der Waals surface area (Å²) in [6, 6.07) is 15.2. The SMILES string of the molecule is CCCCOc1ccc(/C=N\NC(=O)CSCc2ccccc2Cl)cc1. The highest BCUT2D eigenvalue weighted by Crippen LogP contribution is 2.20. The Bertz CT molecular complexity index is 720. The van der Waals surface area contributed by atoms with Crippen molar-refractivity contribution in [1.82, 2.24) is 5.43 Å². The summed E-state index contributed by atoms with van der Waals surface area (Å²) in [4.78, 5) is 11.8. The third kappa shape index (κ3) is 7.50. The molecule has 6 heteroatoms. The number of unbranched alkanes of at least 4 members (excludes halogenated alkanes) is 1. The molecule has 2 rings (SSSR count). The van der Waals surface area contributed by atoms with Crippen molar-refractivity contribution < 1.29 is 9.53 Å². The second-order valence-electron chi connectivity index (χ2n) is 5.65. The molecule has 0 aromatic heterocycles. The molecule has 2 aromatic carbocycles. The highest BCUT2D eigenvalue weighted by molar-refractivity contribution is 7.99. The number of carbonyl (C=O) groups excluding carboxylic acids is 1. The van der Waals surface area contributed by atoms with E-state index in [0.717, 1.165) is 41.3 Å². The lowest BCUT2D eigenvalue weighted by molar-refractivity contribution is -0.118. The molecule has 0 unspecified atom stereocenters. The zero-order valence-corrected chi connectivity index (χ0v) is 16.4. The molecule has 0 saturated heterocycles. The molecule has 0 saturated carbocycles. The van der Waals surface area contributed by atoms with E-state index in [1.165, 1.54) is 11.8 Å². The predicted molar refractivity (Wildman–Crippen MR) is 110 cm³/mol. The predicted octanol–water partition coefficient (Wildman–Crippen LogP) is 4.90. The van der Waals surface area contributed by atoms with Crippen LogP contribution in [-0.4, -0.2) is 24.5 Å². The molecule has 0 heterocycles. The first-order chi connectivity index (χ1) is 12.7. The summed E-state index contributed by atoms with van der Waals surface area (Å²) in [5.41, 5.74) is 4.46. The fourth-order valence-corrected chi connectivity index (χ4v) is 3.17. The molecule has 0 aliphatic carbocycles. The van der Waals surface area contributed by atoms with E-state index in [2.05, 4.69) is 17.5 Å². The first-order valence-electron chi connectivity index (χ1n) is 8.55. The number of hydrogen-bond acceptors (Lipinski definition) is 4. The van der Waals surface area contributed by atoms with Crippen molar-refractivity contribution in [3.05, 3.63) is 64.7 Å². The van der Waals surface area contributed by atoms with Gasteiger partial charge in [0, 0.05) is 10.8 Å². The monoisotopic (exact) mass is 390 g/mol. The van der Waals surface area contributed by atoms with Crippen LogP contribution in [0.25, 0.3) is 0 Å². The van der Waals surface area contributed by atoms with Crippen molar-refractivity contribution in [1.29, 1.82) is 0 Å². The van der Waals surface area contributed by atoms with Gasteiger partial charge in [0.05, 0.1) is 18.6 Å². The van der Waals surface area contributed by atoms with Crippen LogP contribution in [-0.2, 0) is 10.5 Å². The molecule has 2 aromatic rings. The molecule has 0 radical (unpaired) electrons. The van der Waals surface area contributed by atoms with Crippen LogP contribution in [0.4, 0.5) is 0 Å². The third-order valence-corrected chi connectivity index (χ3v) is 4.85. The number of rotatable bonds is 10. The Morgan fingerprint density at radius 1 is 1.23 bits per heavy atom. The van der Waals surface area contributed by atoms with Crippen LogP contribution >= 0.6 is 23.4 Å². The summed E-state index contributed by atoms with van der Waals surface area (Å²) >= 11 is 7.59. The van der Waals surface area contributed by atoms with E-state index in [4.69, 9.17) is 16.3 Å². The minimum atomic E-state index is -0.141. The minimum Gasteiger partial charge on any atom is -0.494 e. The second-order valence-corrected chi connectivity index (χ2v) is 7.04. The standard InChI is InChI=1S/C20H23ClN2O2S/c1-2-3-12-25-18-10-8-16(9-11-18)13-22-23-20(24)15-26-14-17-6-4-5-7-19(17)21/h4-11,13H,2-3,12,14-15H2,1H3,(H,23,24)/b22-13-. The molecule has 26 heavy (non-hydrogen) atoms. The Labute approximate surface area is 164 Å². The molecular formula is C20H23ClN2O2S. The zero-order chi connectivity index (χ0) is 18.6. The van der Waals surface area contributed by atoms with E-state index >= 15 is 0 Å². The third-order valence-electron chi connectivity index (χ3n) is 3.50. The van der Waals surface area contributed by atoms with Crippen LogP contribution in [0.2, 0.25) is 5.02 Å². The first-order valence-corrected chi connectivity index (χ1v) is 10.1. The quantitative estimate of drug-likeness (QED) is 0.356. The molecular weight excluding hydrogens is 368 g/mol. The maximum atomic E-state index is 11.8. The average molecular weight is 391 g/mol. The zero-order valence-electron chi connectivity index (χ0n) is 14.8. The van der Waals surface area contributed by atoms with E-state index in [1.807, 2.05) is 48.5 Å². The van der Waals surface area contributed by atoms with E-state index in [0.29, 0.717) is 11.5 Å². The molecule has 1 amide bonds. The lowest BCUT2D eigenvalue weighted by atomic mass is 10.2. The summed E-state index contributed by atoms with van der Waals surface area (Å²) < 4.78 is 5.61. The number of halogens is 1. The topological polar surface area (TPSA) is 50.7 Å². The Morgan fingerprint density at radius 2 is 2.00 bits per heavy atom. The normalized spacial score (nSPS) is 10.8. The van der Waals surface area contributed by atoms with Crippen molar-refractivity contribution in [2.24, 2.45) is 5.10 Å². The highest BCUT2D eigenvalue weighted by Gasteiger charge is 2.03. The van der Waals surface area contributed by atoms with E-state index in [9.17, 15) is 4.79 Å². The van der Waals surface area contributed by atoms with Crippen LogP contribution in [0.1, 0.15) is 30.9 Å². The fraction of sp³-hybridized carbons (Fsp3) is 0.300. The maximum Gasteiger partial charge on any atom is 0.250 e. The van der Waals surface area contributed by atoms with Gasteiger partial charge in [0.25, 0.3) is 0 Å². The van der Waals surface area contributed by atoms with Crippen molar-refractivity contribution in [3.8, 4) is 5.75 Å². The van der Waals surface area contributed by atoms with E-state index in [1.54, 1.807) is 6.21 Å². The van der Waals surface area contributed by atoms with Crippen LogP contribution in [0.15, 0.2) is 53.6 Å². The molecule has 0 aliphatic heterocycles. The molecule has 0 fully saturated rings. The van der Waals surface area contributed by atoms with Crippen molar-refractivity contribution >= 4 is 35.5 Å². The minimum absolute atomic E-state index is 0.141. The molecule has 0 aliphatic rings. The van der Waals surface area contributed by atoms with Crippen LogP contribution in [0, 0.1) is 0 Å². The van der Waals surface area contributed by atoms with E-state index < -0.39 is 0 Å². The van der Waals surface area contributed by atoms with Crippen LogP contribution < -0.4 is 10.2 Å². The summed E-state index contributed by atoms with van der Waals surface area (Å²) in [6.45, 7) is 2.86. The second kappa shape index (κ2) is 11.6. The van der Waals surface area contributed by atoms with Crippen LogP contribution in [0.3, 0.4) is 0 Å². The van der Waals surface area contributed by atoms with E-state index in [-0.39, 0.29) is 5.91 Å². The maximum absolute atomic E-state index is 11.8. The summed E-state index contributed by atoms with van der Waals surface area (Å²) in [5, 5.41) is 4.71. The number of hydrogen-bond donors (Lipinski definition) is 1. The van der Waals surface area contributed by atoms with Gasteiger partial charge in [0.15, 0.2) is 0 Å². The van der Waals surface area contributed by atoms with Gasteiger partial charge < -0.3 is 4.74 Å². The van der Waals surface area contributed by atoms with Gasteiger partial charge >= 0.3 is 0 Å². The number of amides is 1. The number of hydrazone groups is 1. The van der Waals surface area contributed by atoms with Crippen molar-refractivity contribution in [2.75, 3.05) is 12.4 Å².